The number of halogens is 2. The number of carbonyl (C=O) groups is 1. The predicted octanol–water partition coefficient (Wildman–Crippen LogP) is 3.65. The van der Waals surface area contributed by atoms with Crippen molar-refractivity contribution in [1.29, 1.82) is 0 Å². The van der Waals surface area contributed by atoms with Crippen molar-refractivity contribution in [2.24, 2.45) is 5.41 Å². The van der Waals surface area contributed by atoms with Crippen LogP contribution < -0.4 is 5.32 Å². The van der Waals surface area contributed by atoms with E-state index in [1.54, 1.807) is 0 Å². The molecule has 1 amide bonds. The Balaban J connectivity index is 2.75. The number of amides is 1. The molecule has 0 aliphatic heterocycles. The molecule has 2 nitrogen and oxygen atoms in total. The summed E-state index contributed by atoms with van der Waals surface area (Å²) in [5.41, 5.74) is 0.219. The van der Waals surface area contributed by atoms with Gasteiger partial charge in [-0.2, -0.15) is 0 Å². The van der Waals surface area contributed by atoms with Gasteiger partial charge in [0.05, 0.1) is 5.41 Å². The normalized spacial score (nSPS) is 11.2. The molecule has 0 unspecified atom stereocenters. The first kappa shape index (κ1) is 12.5. The third-order valence-corrected chi connectivity index (χ3v) is 3.19. The van der Waals surface area contributed by atoms with Gasteiger partial charge in [-0.3, -0.25) is 4.79 Å². The van der Waals surface area contributed by atoms with E-state index in [-0.39, 0.29) is 5.91 Å². The molecule has 0 saturated carbocycles. The summed E-state index contributed by atoms with van der Waals surface area (Å²) < 4.78 is 0.934. The van der Waals surface area contributed by atoms with Crippen molar-refractivity contribution in [3.05, 3.63) is 28.7 Å². The van der Waals surface area contributed by atoms with E-state index in [1.165, 1.54) is 0 Å². The maximum absolute atomic E-state index is 11.8. The van der Waals surface area contributed by atoms with E-state index in [2.05, 4.69) is 21.2 Å². The molecule has 0 heterocycles. The Morgan fingerprint density at radius 2 is 2.20 bits per heavy atom. The molecule has 1 rings (SSSR count). The van der Waals surface area contributed by atoms with Gasteiger partial charge in [0.1, 0.15) is 0 Å². The maximum atomic E-state index is 11.8. The van der Waals surface area contributed by atoms with E-state index in [0.29, 0.717) is 5.88 Å². The van der Waals surface area contributed by atoms with Crippen LogP contribution in [0.25, 0.3) is 0 Å². The molecule has 0 aromatic heterocycles. The van der Waals surface area contributed by atoms with Crippen molar-refractivity contribution in [3.63, 3.8) is 0 Å². The molecule has 1 aromatic rings. The Bertz CT molecular complexity index is 365. The van der Waals surface area contributed by atoms with E-state index in [4.69, 9.17) is 11.6 Å². The molecule has 0 atom stereocenters. The van der Waals surface area contributed by atoms with Crippen LogP contribution in [0.3, 0.4) is 0 Å². The van der Waals surface area contributed by atoms with Crippen LogP contribution in [0.2, 0.25) is 0 Å². The van der Waals surface area contributed by atoms with Crippen LogP contribution in [0.5, 0.6) is 0 Å². The molecule has 4 heteroatoms. The Morgan fingerprint density at radius 1 is 1.53 bits per heavy atom. The topological polar surface area (TPSA) is 29.1 Å². The summed E-state index contributed by atoms with van der Waals surface area (Å²) in [5, 5.41) is 2.82. The van der Waals surface area contributed by atoms with Gasteiger partial charge < -0.3 is 5.32 Å². The minimum Gasteiger partial charge on any atom is -0.326 e. The third-order valence-electron chi connectivity index (χ3n) is 2.03. The highest BCUT2D eigenvalue weighted by atomic mass is 79.9. The summed E-state index contributed by atoms with van der Waals surface area (Å²) in [4.78, 5) is 11.8. The highest BCUT2D eigenvalue weighted by Gasteiger charge is 2.26. The molecular formula is C11H13BrClNO. The lowest BCUT2D eigenvalue weighted by atomic mass is 9.95. The quantitative estimate of drug-likeness (QED) is 0.846. The molecule has 0 saturated heterocycles. The average molecular weight is 291 g/mol. The smallest absolute Gasteiger partial charge is 0.231 e. The van der Waals surface area contributed by atoms with Crippen molar-refractivity contribution in [3.8, 4) is 0 Å². The highest BCUT2D eigenvalue weighted by molar-refractivity contribution is 9.10. The molecule has 82 valence electrons. The molecule has 0 aliphatic carbocycles. The second kappa shape index (κ2) is 4.99. The van der Waals surface area contributed by atoms with Crippen LogP contribution in [0, 0.1) is 5.41 Å². The maximum Gasteiger partial charge on any atom is 0.231 e. The van der Waals surface area contributed by atoms with Gasteiger partial charge in [-0.1, -0.05) is 22.0 Å². The van der Waals surface area contributed by atoms with E-state index < -0.39 is 5.41 Å². The van der Waals surface area contributed by atoms with Crippen LogP contribution in [0.4, 0.5) is 5.69 Å². The van der Waals surface area contributed by atoms with Gasteiger partial charge in [-0.15, -0.1) is 11.6 Å². The molecule has 15 heavy (non-hydrogen) atoms. The predicted molar refractivity (Wildman–Crippen MR) is 67.3 cm³/mol. The SMILES string of the molecule is CC(C)(CCl)C(=O)Nc1cccc(Br)c1. The summed E-state index contributed by atoms with van der Waals surface area (Å²) in [7, 11) is 0. The van der Waals surface area contributed by atoms with Gasteiger partial charge in [0, 0.05) is 16.0 Å². The molecule has 0 spiro atoms. The standard InChI is InChI=1S/C11H13BrClNO/c1-11(2,7-13)10(15)14-9-5-3-4-8(12)6-9/h3-6H,7H2,1-2H3,(H,14,15). The van der Waals surface area contributed by atoms with Gasteiger partial charge in [0.2, 0.25) is 5.91 Å². The fourth-order valence-corrected chi connectivity index (χ4v) is 1.45. The minimum atomic E-state index is -0.552. The van der Waals surface area contributed by atoms with Gasteiger partial charge in [0.15, 0.2) is 0 Å². The second-order valence-electron chi connectivity index (χ2n) is 3.98. The summed E-state index contributed by atoms with van der Waals surface area (Å²) in [6.45, 7) is 3.63. The summed E-state index contributed by atoms with van der Waals surface area (Å²) >= 11 is 9.06. The van der Waals surface area contributed by atoms with Crippen molar-refractivity contribution >= 4 is 39.1 Å². The fourth-order valence-electron chi connectivity index (χ4n) is 0.927. The first-order chi connectivity index (χ1) is 6.95. The van der Waals surface area contributed by atoms with Crippen molar-refractivity contribution in [2.45, 2.75) is 13.8 Å². The number of anilines is 1. The largest absolute Gasteiger partial charge is 0.326 e. The lowest BCUT2D eigenvalue weighted by Gasteiger charge is -2.20. The molecule has 0 fully saturated rings. The van der Waals surface area contributed by atoms with Crippen LogP contribution in [-0.2, 0) is 4.79 Å². The number of hydrogen-bond donors (Lipinski definition) is 1. The Morgan fingerprint density at radius 3 is 2.73 bits per heavy atom. The van der Waals surface area contributed by atoms with Crippen LogP contribution >= 0.6 is 27.5 Å². The fraction of sp³-hybridized carbons (Fsp3) is 0.364. The summed E-state index contributed by atoms with van der Waals surface area (Å²) in [6.07, 6.45) is 0. The second-order valence-corrected chi connectivity index (χ2v) is 5.16. The number of rotatable bonds is 3. The summed E-state index contributed by atoms with van der Waals surface area (Å²) in [5.74, 6) is 0.225. The molecule has 0 bridgehead atoms. The van der Waals surface area contributed by atoms with Crippen molar-refractivity contribution < 1.29 is 4.79 Å². The lowest BCUT2D eigenvalue weighted by Crippen LogP contribution is -2.32. The highest BCUT2D eigenvalue weighted by Crippen LogP contribution is 2.21. The Kier molecular flexibility index (Phi) is 4.17. The zero-order valence-electron chi connectivity index (χ0n) is 8.68. The number of nitrogens with one attached hydrogen (secondary N) is 1. The Hall–Kier alpha value is -0.540. The van der Waals surface area contributed by atoms with Crippen molar-refractivity contribution in [1.82, 2.24) is 0 Å². The first-order valence-electron chi connectivity index (χ1n) is 4.59. The average Bonchev–Trinajstić information content (AvgIpc) is 2.17. The molecule has 0 radical (unpaired) electrons. The van der Waals surface area contributed by atoms with Crippen LogP contribution in [0.1, 0.15) is 13.8 Å². The van der Waals surface area contributed by atoms with Crippen LogP contribution in [0.15, 0.2) is 28.7 Å². The van der Waals surface area contributed by atoms with E-state index in [9.17, 15) is 4.79 Å². The third kappa shape index (κ3) is 3.50. The van der Waals surface area contributed by atoms with E-state index in [0.717, 1.165) is 10.2 Å². The van der Waals surface area contributed by atoms with Crippen LogP contribution in [-0.4, -0.2) is 11.8 Å². The van der Waals surface area contributed by atoms with E-state index >= 15 is 0 Å². The summed E-state index contributed by atoms with van der Waals surface area (Å²) in [6, 6.07) is 7.46. The molecule has 0 aliphatic rings. The Labute approximate surface area is 103 Å². The minimum absolute atomic E-state index is 0.0735. The van der Waals surface area contributed by atoms with Gasteiger partial charge in [-0.05, 0) is 32.0 Å². The van der Waals surface area contributed by atoms with Gasteiger partial charge >= 0.3 is 0 Å². The zero-order chi connectivity index (χ0) is 11.5. The number of alkyl halides is 1. The molecule has 1 N–H and O–H groups in total. The lowest BCUT2D eigenvalue weighted by molar-refractivity contribution is -0.122. The number of hydrogen-bond acceptors (Lipinski definition) is 1. The van der Waals surface area contributed by atoms with Gasteiger partial charge in [-0.25, -0.2) is 0 Å². The molecular weight excluding hydrogens is 277 g/mol. The zero-order valence-corrected chi connectivity index (χ0v) is 11.0. The van der Waals surface area contributed by atoms with Crippen molar-refractivity contribution in [2.75, 3.05) is 11.2 Å². The van der Waals surface area contributed by atoms with Gasteiger partial charge in [0.25, 0.3) is 0 Å². The number of carbonyl (C=O) groups excluding carboxylic acids is 1. The monoisotopic (exact) mass is 289 g/mol. The van der Waals surface area contributed by atoms with E-state index in [1.807, 2.05) is 38.1 Å². The molecule has 1 aromatic carbocycles. The first-order valence-corrected chi connectivity index (χ1v) is 5.91. The number of benzene rings is 1.